The van der Waals surface area contributed by atoms with Gasteiger partial charge in [0.25, 0.3) is 0 Å². The first-order valence-corrected chi connectivity index (χ1v) is 8.98. The molecule has 0 saturated carbocycles. The Kier molecular flexibility index (Phi) is 4.81. The van der Waals surface area contributed by atoms with Crippen molar-refractivity contribution in [1.29, 1.82) is 0 Å². The van der Waals surface area contributed by atoms with Gasteiger partial charge >= 0.3 is 0 Å². The topological polar surface area (TPSA) is 38.8 Å². The number of methoxy groups -OCH3 is 1. The smallest absolute Gasteiger partial charge is 0.229 e. The van der Waals surface area contributed by atoms with E-state index in [1.165, 1.54) is 0 Å². The molecule has 0 radical (unpaired) electrons. The normalized spacial score (nSPS) is 21.6. The Morgan fingerprint density at radius 1 is 1.36 bits per heavy atom. The van der Waals surface area contributed by atoms with Crippen LogP contribution in [0.5, 0.6) is 11.5 Å². The summed E-state index contributed by atoms with van der Waals surface area (Å²) in [6, 6.07) is 6.23. The van der Waals surface area contributed by atoms with Gasteiger partial charge in [-0.25, -0.2) is 0 Å². The van der Waals surface area contributed by atoms with Crippen molar-refractivity contribution in [2.24, 2.45) is 5.92 Å². The van der Waals surface area contributed by atoms with E-state index in [0.29, 0.717) is 12.6 Å². The maximum absolute atomic E-state index is 12.7. The van der Waals surface area contributed by atoms with Crippen molar-refractivity contribution in [3.8, 4) is 11.5 Å². The van der Waals surface area contributed by atoms with Crippen molar-refractivity contribution in [1.82, 2.24) is 4.90 Å². The zero-order chi connectivity index (χ0) is 15.5. The molecule has 1 fully saturated rings. The van der Waals surface area contributed by atoms with Gasteiger partial charge in [-0.1, -0.05) is 6.07 Å². The Hall–Kier alpha value is -1.36. The first-order valence-electron chi connectivity index (χ1n) is 7.83. The van der Waals surface area contributed by atoms with Crippen LogP contribution in [0, 0.1) is 5.92 Å². The van der Waals surface area contributed by atoms with Crippen molar-refractivity contribution in [2.75, 3.05) is 32.3 Å². The third kappa shape index (κ3) is 3.19. The van der Waals surface area contributed by atoms with Crippen LogP contribution in [-0.4, -0.2) is 49.1 Å². The van der Waals surface area contributed by atoms with E-state index in [1.54, 1.807) is 7.11 Å². The molecule has 0 aromatic heterocycles. The summed E-state index contributed by atoms with van der Waals surface area (Å²) in [6.07, 6.45) is 2.96. The van der Waals surface area contributed by atoms with E-state index in [1.807, 2.05) is 41.9 Å². The summed E-state index contributed by atoms with van der Waals surface area (Å²) in [4.78, 5) is 14.7. The van der Waals surface area contributed by atoms with E-state index in [9.17, 15) is 4.79 Å². The van der Waals surface area contributed by atoms with Crippen LogP contribution < -0.4 is 9.47 Å². The Morgan fingerprint density at radius 3 is 2.86 bits per heavy atom. The lowest BCUT2D eigenvalue weighted by Gasteiger charge is -2.35. The van der Waals surface area contributed by atoms with Crippen LogP contribution in [0.1, 0.15) is 18.4 Å². The molecular formula is C17H23NO3S. The number of carbonyl (C=O) groups is 1. The first-order chi connectivity index (χ1) is 10.7. The molecule has 2 aliphatic rings. The van der Waals surface area contributed by atoms with Gasteiger partial charge in [0, 0.05) is 19.2 Å². The van der Waals surface area contributed by atoms with Gasteiger partial charge in [-0.15, -0.1) is 0 Å². The summed E-state index contributed by atoms with van der Waals surface area (Å²) in [5.74, 6) is 4.11. The molecule has 0 spiro atoms. The van der Waals surface area contributed by atoms with Crippen molar-refractivity contribution in [3.63, 3.8) is 0 Å². The zero-order valence-electron chi connectivity index (χ0n) is 13.2. The number of benzene rings is 1. The van der Waals surface area contributed by atoms with Crippen molar-refractivity contribution < 1.29 is 14.3 Å². The maximum atomic E-state index is 12.7. The molecule has 0 aliphatic carbocycles. The highest BCUT2D eigenvalue weighted by molar-refractivity contribution is 7.99. The van der Waals surface area contributed by atoms with Gasteiger partial charge in [-0.05, 0) is 42.4 Å². The molecule has 1 unspecified atom stereocenters. The molecule has 120 valence electrons. The highest BCUT2D eigenvalue weighted by Gasteiger charge is 2.31. The van der Waals surface area contributed by atoms with Gasteiger partial charge in [-0.2, -0.15) is 11.8 Å². The predicted molar refractivity (Wildman–Crippen MR) is 88.8 cm³/mol. The fourth-order valence-electron chi connectivity index (χ4n) is 3.18. The SMILES string of the molecule is COc1ccc2c(c1)OCC(C(=O)N(C)C1CCSCC1)C2. The Balaban J connectivity index is 1.66. The van der Waals surface area contributed by atoms with E-state index in [2.05, 4.69) is 0 Å². The van der Waals surface area contributed by atoms with E-state index in [0.717, 1.165) is 47.8 Å². The standard InChI is InChI=1S/C17H23NO3S/c1-18(14-5-7-22-8-6-14)17(19)13-9-12-3-4-15(20-2)10-16(12)21-11-13/h3-4,10,13-14H,5-9,11H2,1-2H3. The van der Waals surface area contributed by atoms with Crippen LogP contribution in [0.25, 0.3) is 0 Å². The second-order valence-electron chi connectivity index (χ2n) is 5.98. The fourth-order valence-corrected chi connectivity index (χ4v) is 4.26. The molecule has 22 heavy (non-hydrogen) atoms. The van der Waals surface area contributed by atoms with Crippen LogP contribution in [0.15, 0.2) is 18.2 Å². The van der Waals surface area contributed by atoms with Crippen LogP contribution in [0.2, 0.25) is 0 Å². The molecule has 1 saturated heterocycles. The number of amides is 1. The minimum Gasteiger partial charge on any atom is -0.497 e. The first kappa shape index (κ1) is 15.5. The van der Waals surface area contributed by atoms with Gasteiger partial charge in [0.15, 0.2) is 0 Å². The van der Waals surface area contributed by atoms with Gasteiger partial charge < -0.3 is 14.4 Å². The van der Waals surface area contributed by atoms with Crippen LogP contribution in [0.4, 0.5) is 0 Å². The highest BCUT2D eigenvalue weighted by atomic mass is 32.2. The van der Waals surface area contributed by atoms with E-state index in [4.69, 9.17) is 9.47 Å². The number of thioether (sulfide) groups is 1. The number of fused-ring (bicyclic) bond motifs is 1. The molecule has 2 aliphatic heterocycles. The molecule has 3 rings (SSSR count). The van der Waals surface area contributed by atoms with E-state index < -0.39 is 0 Å². The van der Waals surface area contributed by atoms with E-state index >= 15 is 0 Å². The Morgan fingerprint density at radius 2 is 2.14 bits per heavy atom. The highest BCUT2D eigenvalue weighted by Crippen LogP contribution is 2.32. The van der Waals surface area contributed by atoms with Crippen molar-refractivity contribution in [2.45, 2.75) is 25.3 Å². The average Bonchev–Trinajstić information content (AvgIpc) is 2.60. The van der Waals surface area contributed by atoms with Crippen LogP contribution in [-0.2, 0) is 11.2 Å². The second kappa shape index (κ2) is 6.82. The Bertz CT molecular complexity index is 543. The average molecular weight is 321 g/mol. The monoisotopic (exact) mass is 321 g/mol. The zero-order valence-corrected chi connectivity index (χ0v) is 14.0. The summed E-state index contributed by atoms with van der Waals surface area (Å²) in [5, 5.41) is 0. The third-order valence-corrected chi connectivity index (χ3v) is 5.66. The van der Waals surface area contributed by atoms with Gasteiger partial charge in [0.2, 0.25) is 5.91 Å². The lowest BCUT2D eigenvalue weighted by molar-refractivity contribution is -0.137. The molecular weight excluding hydrogens is 298 g/mol. The fraction of sp³-hybridized carbons (Fsp3) is 0.588. The maximum Gasteiger partial charge on any atom is 0.229 e. The minimum atomic E-state index is -0.0690. The number of ether oxygens (including phenoxy) is 2. The molecule has 1 aromatic carbocycles. The summed E-state index contributed by atoms with van der Waals surface area (Å²) in [7, 11) is 3.60. The molecule has 1 atom stereocenters. The minimum absolute atomic E-state index is 0.0690. The number of rotatable bonds is 3. The lowest BCUT2D eigenvalue weighted by Crippen LogP contribution is -2.45. The summed E-state index contributed by atoms with van der Waals surface area (Å²) >= 11 is 1.98. The molecule has 2 heterocycles. The number of hydrogen-bond donors (Lipinski definition) is 0. The summed E-state index contributed by atoms with van der Waals surface area (Å²) in [5.41, 5.74) is 1.10. The van der Waals surface area contributed by atoms with Gasteiger partial charge in [-0.3, -0.25) is 4.79 Å². The van der Waals surface area contributed by atoms with Gasteiger partial charge in [0.05, 0.1) is 13.0 Å². The van der Waals surface area contributed by atoms with Crippen molar-refractivity contribution >= 4 is 17.7 Å². The number of hydrogen-bond acceptors (Lipinski definition) is 4. The molecule has 1 amide bonds. The molecule has 1 aromatic rings. The van der Waals surface area contributed by atoms with Gasteiger partial charge in [0.1, 0.15) is 18.1 Å². The molecule has 0 bridgehead atoms. The second-order valence-corrected chi connectivity index (χ2v) is 7.20. The van der Waals surface area contributed by atoms with E-state index in [-0.39, 0.29) is 11.8 Å². The summed E-state index contributed by atoms with van der Waals surface area (Å²) < 4.78 is 11.0. The lowest BCUT2D eigenvalue weighted by atomic mass is 9.94. The molecule has 5 heteroatoms. The quantitative estimate of drug-likeness (QED) is 0.858. The molecule has 4 nitrogen and oxygen atoms in total. The van der Waals surface area contributed by atoms with Crippen molar-refractivity contribution in [3.05, 3.63) is 23.8 Å². The number of nitrogens with zero attached hydrogens (tertiary/aromatic N) is 1. The third-order valence-electron chi connectivity index (χ3n) is 4.62. The number of carbonyl (C=O) groups excluding carboxylic acids is 1. The Labute approximate surface area is 136 Å². The summed E-state index contributed by atoms with van der Waals surface area (Å²) in [6.45, 7) is 0.463. The van der Waals surface area contributed by atoms with Crippen LogP contribution in [0.3, 0.4) is 0 Å². The predicted octanol–water partition coefficient (Wildman–Crippen LogP) is 2.60. The van der Waals surface area contributed by atoms with Crippen LogP contribution >= 0.6 is 11.8 Å². The molecule has 0 N–H and O–H groups in total. The largest absolute Gasteiger partial charge is 0.497 e.